The zero-order valence-corrected chi connectivity index (χ0v) is 12.9. The molecule has 2 amide bonds. The molecule has 7 heteroatoms. The second-order valence-corrected chi connectivity index (χ2v) is 7.45. The van der Waals surface area contributed by atoms with Gasteiger partial charge in [0.2, 0.25) is 0 Å². The van der Waals surface area contributed by atoms with Crippen LogP contribution in [0.4, 0.5) is 10.5 Å². The van der Waals surface area contributed by atoms with Crippen LogP contribution < -0.4 is 11.1 Å². The Kier molecular flexibility index (Phi) is 4.72. The van der Waals surface area contributed by atoms with Crippen molar-refractivity contribution in [2.75, 3.05) is 24.2 Å². The summed E-state index contributed by atoms with van der Waals surface area (Å²) in [6.07, 6.45) is 1.66. The van der Waals surface area contributed by atoms with Crippen LogP contribution in [-0.2, 0) is 9.84 Å². The topological polar surface area (TPSA) is 92.5 Å². The predicted octanol–water partition coefficient (Wildman–Crippen LogP) is 1.44. The Hall–Kier alpha value is -1.76. The molecule has 0 radical (unpaired) electrons. The molecule has 1 aromatic carbocycles. The quantitative estimate of drug-likeness (QED) is 0.880. The lowest BCUT2D eigenvalue weighted by molar-refractivity contribution is 0.193. The Morgan fingerprint density at radius 2 is 1.86 bits per heavy atom. The van der Waals surface area contributed by atoms with Crippen LogP contribution in [0.2, 0.25) is 0 Å². The van der Waals surface area contributed by atoms with Gasteiger partial charge in [-0.05, 0) is 37.1 Å². The highest BCUT2D eigenvalue weighted by Gasteiger charge is 2.21. The number of primary amides is 1. The monoisotopic (exact) mass is 311 g/mol. The molecule has 0 aromatic heterocycles. The summed E-state index contributed by atoms with van der Waals surface area (Å²) >= 11 is 0. The number of benzene rings is 1. The Bertz CT molecular complexity index is 590. The third kappa shape index (κ3) is 3.87. The largest absolute Gasteiger partial charge is 0.382 e. The van der Waals surface area contributed by atoms with Crippen LogP contribution in [0.25, 0.3) is 0 Å². The normalized spacial score (nSPS) is 16.7. The third-order valence-electron chi connectivity index (χ3n) is 3.77. The molecule has 3 N–H and O–H groups in total. The number of nitrogens with zero attached hydrogens (tertiary/aromatic N) is 1. The Labute approximate surface area is 125 Å². The number of likely N-dealkylation sites (tertiary alicyclic amines) is 1. The van der Waals surface area contributed by atoms with E-state index < -0.39 is 9.84 Å². The Morgan fingerprint density at radius 3 is 2.33 bits per heavy atom. The molecule has 6 nitrogen and oxygen atoms in total. The first kappa shape index (κ1) is 15.6. The Morgan fingerprint density at radius 1 is 1.29 bits per heavy atom. The summed E-state index contributed by atoms with van der Waals surface area (Å²) in [6, 6.07) is 6.71. The number of hydrogen-bond donors (Lipinski definition) is 2. The molecule has 1 fully saturated rings. The average molecular weight is 311 g/mol. The van der Waals surface area contributed by atoms with Gasteiger partial charge in [-0.15, -0.1) is 0 Å². The van der Waals surface area contributed by atoms with Crippen LogP contribution in [0, 0.1) is 0 Å². The minimum atomic E-state index is -3.15. The van der Waals surface area contributed by atoms with Gasteiger partial charge in [-0.1, -0.05) is 6.92 Å². The smallest absolute Gasteiger partial charge is 0.314 e. The van der Waals surface area contributed by atoms with Crippen molar-refractivity contribution in [2.24, 2.45) is 5.73 Å². The summed E-state index contributed by atoms with van der Waals surface area (Å²) in [5.74, 6) is 0.103. The van der Waals surface area contributed by atoms with E-state index in [1.807, 2.05) is 0 Å². The number of rotatable bonds is 4. The number of nitrogens with one attached hydrogen (secondary N) is 1. The molecule has 116 valence electrons. The fourth-order valence-corrected chi connectivity index (χ4v) is 3.29. The van der Waals surface area contributed by atoms with Gasteiger partial charge in [0.25, 0.3) is 0 Å². The first-order valence-corrected chi connectivity index (χ1v) is 8.71. The predicted molar refractivity (Wildman–Crippen MR) is 82.0 cm³/mol. The molecule has 1 heterocycles. The average Bonchev–Trinajstić information content (AvgIpc) is 2.48. The van der Waals surface area contributed by atoms with Crippen LogP contribution >= 0.6 is 0 Å². The number of carbonyl (C=O) groups excluding carboxylic acids is 1. The first-order chi connectivity index (χ1) is 9.92. The number of sulfone groups is 1. The molecule has 0 unspecified atom stereocenters. The second kappa shape index (κ2) is 6.34. The lowest BCUT2D eigenvalue weighted by atomic mass is 10.1. The van der Waals surface area contributed by atoms with Crippen molar-refractivity contribution < 1.29 is 13.2 Å². The molecule has 0 atom stereocenters. The van der Waals surface area contributed by atoms with Crippen molar-refractivity contribution in [1.82, 2.24) is 4.90 Å². The Balaban J connectivity index is 1.94. The van der Waals surface area contributed by atoms with Crippen molar-refractivity contribution in [3.63, 3.8) is 0 Å². The van der Waals surface area contributed by atoms with Crippen LogP contribution in [-0.4, -0.2) is 44.2 Å². The number of piperidine rings is 1. The molecule has 0 spiro atoms. The summed E-state index contributed by atoms with van der Waals surface area (Å²) in [6.45, 7) is 2.93. The number of anilines is 1. The molecule has 0 saturated carbocycles. The summed E-state index contributed by atoms with van der Waals surface area (Å²) in [5.41, 5.74) is 6.14. The molecule has 2 rings (SSSR count). The number of amides is 2. The molecule has 1 aliphatic heterocycles. The zero-order chi connectivity index (χ0) is 15.5. The van der Waals surface area contributed by atoms with E-state index in [1.54, 1.807) is 36.1 Å². The lowest BCUT2D eigenvalue weighted by Gasteiger charge is -2.31. The molecule has 0 aliphatic carbocycles. The SMILES string of the molecule is CCS(=O)(=O)c1ccc(NC2CCN(C(N)=O)CC2)cc1. The van der Waals surface area contributed by atoms with Gasteiger partial charge >= 0.3 is 6.03 Å². The van der Waals surface area contributed by atoms with Gasteiger partial charge in [-0.2, -0.15) is 0 Å². The van der Waals surface area contributed by atoms with E-state index >= 15 is 0 Å². The van der Waals surface area contributed by atoms with Crippen molar-refractivity contribution in [2.45, 2.75) is 30.7 Å². The van der Waals surface area contributed by atoms with Crippen LogP contribution in [0.1, 0.15) is 19.8 Å². The molecule has 0 bridgehead atoms. The lowest BCUT2D eigenvalue weighted by Crippen LogP contribution is -2.44. The minimum Gasteiger partial charge on any atom is -0.382 e. The highest BCUT2D eigenvalue weighted by atomic mass is 32.2. The third-order valence-corrected chi connectivity index (χ3v) is 5.52. The zero-order valence-electron chi connectivity index (χ0n) is 12.1. The molecule has 1 saturated heterocycles. The van der Waals surface area contributed by atoms with Gasteiger partial charge in [0.1, 0.15) is 0 Å². The van der Waals surface area contributed by atoms with E-state index in [0.717, 1.165) is 18.5 Å². The fraction of sp³-hybridized carbons (Fsp3) is 0.500. The van der Waals surface area contributed by atoms with Crippen molar-refractivity contribution in [3.8, 4) is 0 Å². The van der Waals surface area contributed by atoms with Gasteiger partial charge in [0.15, 0.2) is 9.84 Å². The summed E-state index contributed by atoms with van der Waals surface area (Å²) in [7, 11) is -3.15. The summed E-state index contributed by atoms with van der Waals surface area (Å²) in [4.78, 5) is 13.0. The molecule has 1 aliphatic rings. The van der Waals surface area contributed by atoms with Crippen LogP contribution in [0.5, 0.6) is 0 Å². The minimum absolute atomic E-state index is 0.103. The second-order valence-electron chi connectivity index (χ2n) is 5.17. The van der Waals surface area contributed by atoms with E-state index in [0.29, 0.717) is 18.0 Å². The first-order valence-electron chi connectivity index (χ1n) is 7.06. The summed E-state index contributed by atoms with van der Waals surface area (Å²) in [5, 5.41) is 3.36. The van der Waals surface area contributed by atoms with E-state index in [2.05, 4.69) is 5.32 Å². The van der Waals surface area contributed by atoms with Gasteiger partial charge < -0.3 is 16.0 Å². The fourth-order valence-electron chi connectivity index (χ4n) is 2.41. The highest BCUT2D eigenvalue weighted by Crippen LogP contribution is 2.19. The van der Waals surface area contributed by atoms with Crippen LogP contribution in [0.15, 0.2) is 29.2 Å². The molecular weight excluding hydrogens is 290 g/mol. The highest BCUT2D eigenvalue weighted by molar-refractivity contribution is 7.91. The maximum atomic E-state index is 11.7. The number of nitrogens with two attached hydrogens (primary N) is 1. The van der Waals surface area contributed by atoms with Gasteiger partial charge in [-0.3, -0.25) is 0 Å². The van der Waals surface area contributed by atoms with Crippen LogP contribution in [0.3, 0.4) is 0 Å². The van der Waals surface area contributed by atoms with E-state index in [-0.39, 0.29) is 17.8 Å². The van der Waals surface area contributed by atoms with E-state index in [9.17, 15) is 13.2 Å². The number of carbonyl (C=O) groups is 1. The van der Waals surface area contributed by atoms with E-state index in [4.69, 9.17) is 5.73 Å². The van der Waals surface area contributed by atoms with Crippen molar-refractivity contribution >= 4 is 21.6 Å². The van der Waals surface area contributed by atoms with Gasteiger partial charge in [0, 0.05) is 24.8 Å². The van der Waals surface area contributed by atoms with Crippen molar-refractivity contribution in [3.05, 3.63) is 24.3 Å². The summed E-state index contributed by atoms with van der Waals surface area (Å²) < 4.78 is 23.5. The molecular formula is C14H21N3O3S. The van der Waals surface area contributed by atoms with Gasteiger partial charge in [0.05, 0.1) is 10.6 Å². The number of urea groups is 1. The molecule has 21 heavy (non-hydrogen) atoms. The number of hydrogen-bond acceptors (Lipinski definition) is 4. The molecule has 1 aromatic rings. The van der Waals surface area contributed by atoms with Gasteiger partial charge in [-0.25, -0.2) is 13.2 Å². The maximum Gasteiger partial charge on any atom is 0.314 e. The van der Waals surface area contributed by atoms with Crippen molar-refractivity contribution in [1.29, 1.82) is 0 Å². The standard InChI is InChI=1S/C14H21N3O3S/c1-2-21(19,20)13-5-3-11(4-6-13)16-12-7-9-17(10-8-12)14(15)18/h3-6,12,16H,2,7-10H2,1H3,(H2,15,18). The maximum absolute atomic E-state index is 11.7. The van der Waals surface area contributed by atoms with E-state index in [1.165, 1.54) is 0 Å².